The van der Waals surface area contributed by atoms with E-state index in [1.165, 1.54) is 0 Å². The van der Waals surface area contributed by atoms with Gasteiger partial charge in [0, 0.05) is 10.0 Å². The second kappa shape index (κ2) is 5.15. The molecule has 0 bridgehead atoms. The van der Waals surface area contributed by atoms with Crippen LogP contribution < -0.4 is 10.5 Å². The van der Waals surface area contributed by atoms with Crippen LogP contribution in [0.5, 0.6) is 11.6 Å². The molecule has 3 aromatic rings. The van der Waals surface area contributed by atoms with Crippen molar-refractivity contribution in [2.24, 2.45) is 0 Å². The Morgan fingerprint density at radius 1 is 0.900 bits per heavy atom. The van der Waals surface area contributed by atoms with E-state index >= 15 is 0 Å². The molecule has 0 saturated carbocycles. The van der Waals surface area contributed by atoms with E-state index in [1.54, 1.807) is 18.2 Å². The number of para-hydroxylation sites is 2. The number of rotatable bonds is 2. The molecular formula is C14H9Cl2N3O. The Kier molecular flexibility index (Phi) is 3.34. The molecule has 1 aromatic heterocycles. The van der Waals surface area contributed by atoms with Crippen LogP contribution in [0.1, 0.15) is 0 Å². The van der Waals surface area contributed by atoms with Crippen molar-refractivity contribution in [3.63, 3.8) is 0 Å². The summed E-state index contributed by atoms with van der Waals surface area (Å²) >= 11 is 11.8. The molecule has 0 aliphatic heterocycles. The van der Waals surface area contributed by atoms with Gasteiger partial charge in [-0.15, -0.1) is 0 Å². The van der Waals surface area contributed by atoms with Crippen LogP contribution in [0, 0.1) is 0 Å². The van der Waals surface area contributed by atoms with E-state index in [-0.39, 0.29) is 11.7 Å². The van der Waals surface area contributed by atoms with Crippen LogP contribution >= 0.6 is 23.2 Å². The topological polar surface area (TPSA) is 61.0 Å². The van der Waals surface area contributed by atoms with E-state index in [0.717, 1.165) is 0 Å². The first-order chi connectivity index (χ1) is 9.61. The molecule has 2 N–H and O–H groups in total. The number of nitrogen functional groups attached to an aromatic ring is 1. The van der Waals surface area contributed by atoms with Crippen molar-refractivity contribution in [1.29, 1.82) is 0 Å². The maximum atomic E-state index is 5.92. The number of ether oxygens (including phenoxy) is 1. The summed E-state index contributed by atoms with van der Waals surface area (Å²) in [5.74, 6) is 0.889. The Balaban J connectivity index is 2.03. The molecule has 0 fully saturated rings. The maximum Gasteiger partial charge on any atom is 0.263 e. The normalized spacial score (nSPS) is 10.7. The summed E-state index contributed by atoms with van der Waals surface area (Å²) in [5, 5.41) is 0.944. The summed E-state index contributed by atoms with van der Waals surface area (Å²) in [6, 6.07) is 12.3. The molecule has 0 amide bonds. The molecule has 100 valence electrons. The summed E-state index contributed by atoms with van der Waals surface area (Å²) in [6.45, 7) is 0. The third-order valence-corrected chi connectivity index (χ3v) is 3.05. The Morgan fingerprint density at radius 3 is 2.15 bits per heavy atom. The number of hydrogen-bond donors (Lipinski definition) is 1. The Labute approximate surface area is 125 Å². The van der Waals surface area contributed by atoms with Crippen molar-refractivity contribution in [1.82, 2.24) is 9.97 Å². The highest BCUT2D eigenvalue weighted by atomic mass is 35.5. The summed E-state index contributed by atoms with van der Waals surface area (Å²) < 4.78 is 5.61. The predicted molar refractivity (Wildman–Crippen MR) is 80.5 cm³/mol. The monoisotopic (exact) mass is 305 g/mol. The fourth-order valence-electron chi connectivity index (χ4n) is 1.77. The number of halogens is 2. The van der Waals surface area contributed by atoms with E-state index in [4.69, 9.17) is 33.7 Å². The van der Waals surface area contributed by atoms with E-state index in [0.29, 0.717) is 26.8 Å². The van der Waals surface area contributed by atoms with Gasteiger partial charge in [0.05, 0.1) is 11.0 Å². The second-order valence-electron chi connectivity index (χ2n) is 4.11. The van der Waals surface area contributed by atoms with Crippen molar-refractivity contribution >= 4 is 40.1 Å². The highest BCUT2D eigenvalue weighted by Crippen LogP contribution is 2.30. The van der Waals surface area contributed by atoms with Crippen molar-refractivity contribution in [3.8, 4) is 11.6 Å². The van der Waals surface area contributed by atoms with Crippen LogP contribution in [0.2, 0.25) is 10.0 Å². The molecule has 2 aromatic carbocycles. The van der Waals surface area contributed by atoms with E-state index in [9.17, 15) is 0 Å². The molecule has 6 heteroatoms. The van der Waals surface area contributed by atoms with E-state index in [2.05, 4.69) is 9.97 Å². The number of hydrogen-bond acceptors (Lipinski definition) is 4. The van der Waals surface area contributed by atoms with Crippen molar-refractivity contribution < 1.29 is 4.74 Å². The molecule has 0 aliphatic carbocycles. The van der Waals surface area contributed by atoms with Gasteiger partial charge in [-0.1, -0.05) is 35.3 Å². The summed E-state index contributed by atoms with van der Waals surface area (Å²) in [4.78, 5) is 8.57. The average molecular weight is 306 g/mol. The minimum atomic E-state index is 0.208. The van der Waals surface area contributed by atoms with Gasteiger partial charge in [-0.25, -0.2) is 9.97 Å². The third kappa shape index (κ3) is 2.61. The minimum Gasteiger partial charge on any atom is -0.436 e. The molecule has 4 nitrogen and oxygen atoms in total. The number of benzene rings is 2. The van der Waals surface area contributed by atoms with Crippen molar-refractivity contribution in [2.45, 2.75) is 0 Å². The molecular weight excluding hydrogens is 297 g/mol. The molecule has 1 heterocycles. The molecule has 0 unspecified atom stereocenters. The molecule has 0 spiro atoms. The van der Waals surface area contributed by atoms with Gasteiger partial charge in [0.15, 0.2) is 5.82 Å². The fourth-order valence-corrected chi connectivity index (χ4v) is 2.28. The van der Waals surface area contributed by atoms with Gasteiger partial charge in [-0.3, -0.25) is 0 Å². The first-order valence-electron chi connectivity index (χ1n) is 5.78. The molecule has 0 aliphatic rings. The largest absolute Gasteiger partial charge is 0.436 e. The molecule has 0 saturated heterocycles. The fraction of sp³-hybridized carbons (Fsp3) is 0. The van der Waals surface area contributed by atoms with Gasteiger partial charge >= 0.3 is 0 Å². The molecule has 3 rings (SSSR count). The predicted octanol–water partition coefficient (Wildman–Crippen LogP) is 4.31. The Morgan fingerprint density at radius 2 is 1.50 bits per heavy atom. The van der Waals surface area contributed by atoms with Crippen LogP contribution in [0.25, 0.3) is 11.0 Å². The lowest BCUT2D eigenvalue weighted by atomic mass is 10.3. The summed E-state index contributed by atoms with van der Waals surface area (Å²) in [5.41, 5.74) is 7.25. The second-order valence-corrected chi connectivity index (χ2v) is 4.98. The third-order valence-electron chi connectivity index (χ3n) is 2.61. The van der Waals surface area contributed by atoms with Gasteiger partial charge in [-0.2, -0.15) is 0 Å². The van der Waals surface area contributed by atoms with Crippen LogP contribution in [-0.4, -0.2) is 9.97 Å². The Bertz CT molecular complexity index is 772. The number of nitrogens with zero attached hydrogens (tertiary/aromatic N) is 2. The standard InChI is InChI=1S/C14H9Cl2N3O/c15-8-5-9(16)7-10(6-8)20-14-13(17)18-11-3-1-2-4-12(11)19-14/h1-7H,(H2,17,18). The summed E-state index contributed by atoms with van der Waals surface area (Å²) in [6.07, 6.45) is 0. The van der Waals surface area contributed by atoms with Gasteiger partial charge in [-0.05, 0) is 30.3 Å². The van der Waals surface area contributed by atoms with Crippen LogP contribution in [0.3, 0.4) is 0 Å². The van der Waals surface area contributed by atoms with E-state index < -0.39 is 0 Å². The average Bonchev–Trinajstić information content (AvgIpc) is 2.38. The number of nitrogens with two attached hydrogens (primary N) is 1. The summed E-state index contributed by atoms with van der Waals surface area (Å²) in [7, 11) is 0. The lowest BCUT2D eigenvalue weighted by molar-refractivity contribution is 0.466. The quantitative estimate of drug-likeness (QED) is 0.766. The van der Waals surface area contributed by atoms with E-state index in [1.807, 2.05) is 24.3 Å². The van der Waals surface area contributed by atoms with Crippen LogP contribution in [0.15, 0.2) is 42.5 Å². The smallest absolute Gasteiger partial charge is 0.263 e. The number of fused-ring (bicyclic) bond motifs is 1. The van der Waals surface area contributed by atoms with Crippen molar-refractivity contribution in [3.05, 3.63) is 52.5 Å². The highest BCUT2D eigenvalue weighted by molar-refractivity contribution is 6.34. The highest BCUT2D eigenvalue weighted by Gasteiger charge is 2.09. The molecule has 20 heavy (non-hydrogen) atoms. The first-order valence-corrected chi connectivity index (χ1v) is 6.53. The number of aromatic nitrogens is 2. The van der Waals surface area contributed by atoms with Crippen LogP contribution in [0.4, 0.5) is 5.82 Å². The van der Waals surface area contributed by atoms with Gasteiger partial charge in [0.1, 0.15) is 5.75 Å². The Hall–Kier alpha value is -2.04. The zero-order valence-corrected chi connectivity index (χ0v) is 11.7. The van der Waals surface area contributed by atoms with Crippen LogP contribution in [-0.2, 0) is 0 Å². The van der Waals surface area contributed by atoms with Gasteiger partial charge in [0.25, 0.3) is 5.88 Å². The van der Waals surface area contributed by atoms with Crippen molar-refractivity contribution in [2.75, 3.05) is 5.73 Å². The minimum absolute atomic E-state index is 0.208. The molecule has 0 atom stereocenters. The lowest BCUT2D eigenvalue weighted by Crippen LogP contribution is -1.99. The molecule has 0 radical (unpaired) electrons. The SMILES string of the molecule is Nc1nc2ccccc2nc1Oc1cc(Cl)cc(Cl)c1. The lowest BCUT2D eigenvalue weighted by Gasteiger charge is -2.08. The number of anilines is 1. The zero-order valence-electron chi connectivity index (χ0n) is 10.2. The van der Waals surface area contributed by atoms with Gasteiger partial charge < -0.3 is 10.5 Å². The maximum absolute atomic E-state index is 5.92. The zero-order chi connectivity index (χ0) is 14.1. The van der Waals surface area contributed by atoms with Gasteiger partial charge in [0.2, 0.25) is 0 Å². The first kappa shape index (κ1) is 13.0.